The summed E-state index contributed by atoms with van der Waals surface area (Å²) in [5, 5.41) is 13.4. The molecular weight excluding hydrogens is 380 g/mol. The first-order valence-electron chi connectivity index (χ1n) is 10.1. The van der Waals surface area contributed by atoms with Crippen molar-refractivity contribution in [2.75, 3.05) is 37.8 Å². The molecule has 154 valence electrons. The molecule has 0 saturated carbocycles. The molecule has 0 amide bonds. The van der Waals surface area contributed by atoms with Crippen molar-refractivity contribution in [2.45, 2.75) is 19.8 Å². The number of hydrogen-bond donors (Lipinski definition) is 0. The van der Waals surface area contributed by atoms with Crippen molar-refractivity contribution >= 4 is 5.82 Å². The number of rotatable bonds is 7. The lowest BCUT2D eigenvalue weighted by atomic mass is 10.1. The van der Waals surface area contributed by atoms with Gasteiger partial charge in [-0.1, -0.05) is 23.8 Å². The molecular formula is C22H24N6O2. The highest BCUT2D eigenvalue weighted by molar-refractivity contribution is 5.60. The van der Waals surface area contributed by atoms with Crippen LogP contribution in [0.3, 0.4) is 0 Å². The minimum atomic E-state index is 0.291. The predicted octanol–water partition coefficient (Wildman–Crippen LogP) is 3.16. The van der Waals surface area contributed by atoms with Crippen molar-refractivity contribution in [3.05, 3.63) is 48.2 Å². The van der Waals surface area contributed by atoms with Gasteiger partial charge in [0.2, 0.25) is 0 Å². The summed E-state index contributed by atoms with van der Waals surface area (Å²) in [5.41, 5.74) is 3.12. The highest BCUT2D eigenvalue weighted by Crippen LogP contribution is 2.23. The van der Waals surface area contributed by atoms with Gasteiger partial charge in [-0.25, -0.2) is 4.68 Å². The number of hydrogen-bond acceptors (Lipinski definition) is 7. The number of aryl methyl sites for hydroxylation is 1. The first kappa shape index (κ1) is 19.9. The maximum atomic E-state index is 8.72. The Morgan fingerprint density at radius 1 is 1.13 bits per heavy atom. The van der Waals surface area contributed by atoms with Gasteiger partial charge >= 0.3 is 6.01 Å². The van der Waals surface area contributed by atoms with Crippen molar-refractivity contribution in [3.63, 3.8) is 0 Å². The summed E-state index contributed by atoms with van der Waals surface area (Å²) in [6.07, 6.45) is 2.97. The van der Waals surface area contributed by atoms with E-state index in [0.29, 0.717) is 44.5 Å². The zero-order valence-corrected chi connectivity index (χ0v) is 17.0. The van der Waals surface area contributed by atoms with Crippen LogP contribution in [0.4, 0.5) is 5.82 Å². The fourth-order valence-electron chi connectivity index (χ4n) is 3.26. The summed E-state index contributed by atoms with van der Waals surface area (Å²) >= 11 is 0. The van der Waals surface area contributed by atoms with E-state index < -0.39 is 0 Å². The third-order valence-corrected chi connectivity index (χ3v) is 4.82. The van der Waals surface area contributed by atoms with Gasteiger partial charge in [-0.15, -0.1) is 0 Å². The van der Waals surface area contributed by atoms with E-state index in [1.165, 1.54) is 5.56 Å². The molecule has 1 aromatic carbocycles. The Kier molecular flexibility index (Phi) is 6.20. The van der Waals surface area contributed by atoms with Gasteiger partial charge in [0.05, 0.1) is 31.6 Å². The minimum Gasteiger partial charge on any atom is -0.463 e. The van der Waals surface area contributed by atoms with Gasteiger partial charge in [0.1, 0.15) is 5.82 Å². The van der Waals surface area contributed by atoms with Gasteiger partial charge in [-0.3, -0.25) is 0 Å². The van der Waals surface area contributed by atoms with Crippen LogP contribution in [0, 0.1) is 18.3 Å². The molecule has 1 aliphatic rings. The summed E-state index contributed by atoms with van der Waals surface area (Å²) in [4.78, 5) is 11.3. The van der Waals surface area contributed by atoms with E-state index in [1.54, 1.807) is 4.68 Å². The summed E-state index contributed by atoms with van der Waals surface area (Å²) in [6, 6.07) is 14.5. The SMILES string of the molecule is Cc1cccc(-c2ccn(-c3cc(N4CCOCC4)nc(OCCCC#N)n3)n2)c1. The van der Waals surface area contributed by atoms with Crippen LogP contribution in [0.25, 0.3) is 17.1 Å². The molecule has 2 aromatic heterocycles. The number of benzene rings is 1. The van der Waals surface area contributed by atoms with Gasteiger partial charge in [-0.2, -0.15) is 20.3 Å². The Balaban J connectivity index is 1.63. The smallest absolute Gasteiger partial charge is 0.320 e. The Labute approximate surface area is 175 Å². The zero-order valence-electron chi connectivity index (χ0n) is 17.0. The standard InChI is InChI=1S/C22H24N6O2/c1-17-5-4-6-18(15-17)19-7-9-28(26-19)21-16-20(27-10-13-29-14-11-27)24-22(25-21)30-12-3-2-8-23/h4-7,9,15-16H,2-3,10-14H2,1H3. The zero-order chi connectivity index (χ0) is 20.8. The predicted molar refractivity (Wildman–Crippen MR) is 113 cm³/mol. The van der Waals surface area contributed by atoms with Crippen LogP contribution in [0.15, 0.2) is 42.6 Å². The van der Waals surface area contributed by atoms with Crippen molar-refractivity contribution in [1.82, 2.24) is 19.7 Å². The second-order valence-electron chi connectivity index (χ2n) is 7.09. The number of aromatic nitrogens is 4. The molecule has 1 aliphatic heterocycles. The van der Waals surface area contributed by atoms with E-state index in [-0.39, 0.29) is 0 Å². The van der Waals surface area contributed by atoms with Crippen LogP contribution in [0.1, 0.15) is 18.4 Å². The monoisotopic (exact) mass is 404 g/mol. The summed E-state index contributed by atoms with van der Waals surface area (Å²) in [5.74, 6) is 1.42. The molecule has 1 saturated heterocycles. The normalized spacial score (nSPS) is 13.8. The molecule has 1 fully saturated rings. The summed E-state index contributed by atoms with van der Waals surface area (Å²) in [7, 11) is 0. The van der Waals surface area contributed by atoms with Crippen LogP contribution >= 0.6 is 0 Å². The first-order chi connectivity index (χ1) is 14.7. The van der Waals surface area contributed by atoms with Crippen LogP contribution in [0.5, 0.6) is 6.01 Å². The Hall–Kier alpha value is -3.44. The third-order valence-electron chi connectivity index (χ3n) is 4.82. The molecule has 0 aliphatic carbocycles. The van der Waals surface area contributed by atoms with Gasteiger partial charge in [-0.05, 0) is 25.5 Å². The van der Waals surface area contributed by atoms with Crippen molar-refractivity contribution in [1.29, 1.82) is 5.26 Å². The molecule has 8 nitrogen and oxygen atoms in total. The van der Waals surface area contributed by atoms with Gasteiger partial charge < -0.3 is 14.4 Å². The number of ether oxygens (including phenoxy) is 2. The Morgan fingerprint density at radius 2 is 1.97 bits per heavy atom. The second kappa shape index (κ2) is 9.37. The molecule has 8 heteroatoms. The van der Waals surface area contributed by atoms with Crippen LogP contribution in [-0.4, -0.2) is 52.7 Å². The van der Waals surface area contributed by atoms with E-state index >= 15 is 0 Å². The fourth-order valence-corrected chi connectivity index (χ4v) is 3.26. The lowest BCUT2D eigenvalue weighted by Gasteiger charge is -2.28. The van der Waals surface area contributed by atoms with E-state index in [4.69, 9.17) is 19.8 Å². The van der Waals surface area contributed by atoms with E-state index in [0.717, 1.165) is 30.2 Å². The number of nitriles is 1. The van der Waals surface area contributed by atoms with Gasteiger partial charge in [0.25, 0.3) is 0 Å². The van der Waals surface area contributed by atoms with Crippen molar-refractivity contribution in [3.8, 4) is 29.2 Å². The third kappa shape index (κ3) is 4.75. The Bertz CT molecular complexity index is 1040. The number of morpholine rings is 1. The number of unbranched alkanes of at least 4 members (excludes halogenated alkanes) is 1. The molecule has 0 atom stereocenters. The topological polar surface area (TPSA) is 89.1 Å². The molecule has 3 heterocycles. The highest BCUT2D eigenvalue weighted by atomic mass is 16.5. The van der Waals surface area contributed by atoms with Crippen LogP contribution in [-0.2, 0) is 4.74 Å². The molecule has 3 aromatic rings. The van der Waals surface area contributed by atoms with Crippen LogP contribution < -0.4 is 9.64 Å². The van der Waals surface area contributed by atoms with Gasteiger partial charge in [0, 0.05) is 37.3 Å². The lowest BCUT2D eigenvalue weighted by molar-refractivity contribution is 0.122. The first-order valence-corrected chi connectivity index (χ1v) is 10.1. The molecule has 4 rings (SSSR count). The molecule has 30 heavy (non-hydrogen) atoms. The van der Waals surface area contributed by atoms with E-state index in [1.807, 2.05) is 30.5 Å². The molecule has 0 bridgehead atoms. The number of nitrogens with zero attached hydrogens (tertiary/aromatic N) is 6. The minimum absolute atomic E-state index is 0.291. The molecule has 0 radical (unpaired) electrons. The highest BCUT2D eigenvalue weighted by Gasteiger charge is 2.17. The fraction of sp³-hybridized carbons (Fsp3) is 0.364. The second-order valence-corrected chi connectivity index (χ2v) is 7.09. The summed E-state index contributed by atoms with van der Waals surface area (Å²) < 4.78 is 12.9. The maximum absolute atomic E-state index is 8.72. The maximum Gasteiger partial charge on any atom is 0.320 e. The summed E-state index contributed by atoms with van der Waals surface area (Å²) in [6.45, 7) is 5.31. The van der Waals surface area contributed by atoms with Gasteiger partial charge in [0.15, 0.2) is 5.82 Å². The molecule has 0 unspecified atom stereocenters. The average molecular weight is 404 g/mol. The molecule has 0 spiro atoms. The van der Waals surface area contributed by atoms with E-state index in [9.17, 15) is 0 Å². The van der Waals surface area contributed by atoms with Crippen molar-refractivity contribution < 1.29 is 9.47 Å². The quantitative estimate of drug-likeness (QED) is 0.559. The van der Waals surface area contributed by atoms with Crippen molar-refractivity contribution in [2.24, 2.45) is 0 Å². The number of anilines is 1. The average Bonchev–Trinajstić information content (AvgIpc) is 3.28. The largest absolute Gasteiger partial charge is 0.463 e. The van der Waals surface area contributed by atoms with E-state index in [2.05, 4.69) is 40.0 Å². The lowest BCUT2D eigenvalue weighted by Crippen LogP contribution is -2.37. The molecule has 0 N–H and O–H groups in total. The Morgan fingerprint density at radius 3 is 2.77 bits per heavy atom. The van der Waals surface area contributed by atoms with Crippen LogP contribution in [0.2, 0.25) is 0 Å².